The van der Waals surface area contributed by atoms with Crippen molar-refractivity contribution in [3.8, 4) is 5.75 Å². The standard InChI is InChI=1S/C17H19BrClNO/c1-11(14-9-8-13(18)10-16(14)19)20-12(2)15-6-4-5-7-17(15)21-3/h4-12,20H,1-3H3/t11?,12-/m0/s1. The summed E-state index contributed by atoms with van der Waals surface area (Å²) < 4.78 is 6.41. The molecule has 0 aliphatic rings. The number of ether oxygens (including phenoxy) is 1. The SMILES string of the molecule is COc1ccccc1[C@H](C)NC(C)c1ccc(Br)cc1Cl. The second-order valence-electron chi connectivity index (χ2n) is 5.02. The molecule has 0 saturated heterocycles. The highest BCUT2D eigenvalue weighted by atomic mass is 79.9. The van der Waals surface area contributed by atoms with Gasteiger partial charge in [-0.1, -0.05) is 51.8 Å². The van der Waals surface area contributed by atoms with Crippen LogP contribution in [0.2, 0.25) is 5.02 Å². The van der Waals surface area contributed by atoms with Gasteiger partial charge < -0.3 is 10.1 Å². The van der Waals surface area contributed by atoms with Crippen LogP contribution in [0, 0.1) is 0 Å². The first-order chi connectivity index (χ1) is 10.0. The zero-order valence-corrected chi connectivity index (χ0v) is 14.7. The monoisotopic (exact) mass is 367 g/mol. The first-order valence-corrected chi connectivity index (χ1v) is 8.04. The van der Waals surface area contributed by atoms with E-state index in [0.29, 0.717) is 0 Å². The molecule has 0 aliphatic heterocycles. The van der Waals surface area contributed by atoms with E-state index in [1.54, 1.807) is 7.11 Å². The molecule has 2 aromatic carbocycles. The number of rotatable bonds is 5. The highest BCUT2D eigenvalue weighted by molar-refractivity contribution is 9.10. The average molecular weight is 369 g/mol. The third kappa shape index (κ3) is 4.00. The Hall–Kier alpha value is -1.03. The van der Waals surface area contributed by atoms with Crippen LogP contribution in [0.5, 0.6) is 5.75 Å². The number of hydrogen-bond donors (Lipinski definition) is 1. The summed E-state index contributed by atoms with van der Waals surface area (Å²) >= 11 is 9.75. The number of methoxy groups -OCH3 is 1. The first-order valence-electron chi connectivity index (χ1n) is 6.87. The van der Waals surface area contributed by atoms with Crippen molar-refractivity contribution in [1.29, 1.82) is 0 Å². The minimum atomic E-state index is 0.144. The molecule has 0 radical (unpaired) electrons. The van der Waals surface area contributed by atoms with Gasteiger partial charge in [-0.25, -0.2) is 0 Å². The molecule has 0 aromatic heterocycles. The van der Waals surface area contributed by atoms with E-state index in [9.17, 15) is 0 Å². The van der Waals surface area contributed by atoms with Crippen LogP contribution < -0.4 is 10.1 Å². The average Bonchev–Trinajstić information content (AvgIpc) is 2.46. The maximum atomic E-state index is 6.32. The Labute approximate surface area is 139 Å². The summed E-state index contributed by atoms with van der Waals surface area (Å²) in [5, 5.41) is 4.33. The summed E-state index contributed by atoms with van der Waals surface area (Å²) in [6.45, 7) is 4.24. The lowest BCUT2D eigenvalue weighted by Crippen LogP contribution is -2.23. The van der Waals surface area contributed by atoms with Crippen LogP contribution in [0.4, 0.5) is 0 Å². The Bertz CT molecular complexity index is 617. The van der Waals surface area contributed by atoms with Gasteiger partial charge >= 0.3 is 0 Å². The van der Waals surface area contributed by atoms with Crippen LogP contribution in [0.3, 0.4) is 0 Å². The molecule has 4 heteroatoms. The second-order valence-corrected chi connectivity index (χ2v) is 6.34. The molecule has 2 nitrogen and oxygen atoms in total. The number of halogens is 2. The molecule has 0 saturated carbocycles. The minimum Gasteiger partial charge on any atom is -0.496 e. The summed E-state index contributed by atoms with van der Waals surface area (Å²) in [5.74, 6) is 0.895. The lowest BCUT2D eigenvalue weighted by Gasteiger charge is -2.23. The van der Waals surface area contributed by atoms with Crippen molar-refractivity contribution in [3.63, 3.8) is 0 Å². The van der Waals surface area contributed by atoms with Crippen molar-refractivity contribution in [3.05, 3.63) is 63.1 Å². The maximum absolute atomic E-state index is 6.32. The quantitative estimate of drug-likeness (QED) is 0.750. The van der Waals surface area contributed by atoms with E-state index in [4.69, 9.17) is 16.3 Å². The smallest absolute Gasteiger partial charge is 0.123 e. The van der Waals surface area contributed by atoms with Gasteiger partial charge in [0.05, 0.1) is 7.11 Å². The van der Waals surface area contributed by atoms with E-state index >= 15 is 0 Å². The summed E-state index contributed by atoms with van der Waals surface area (Å²) in [6.07, 6.45) is 0. The summed E-state index contributed by atoms with van der Waals surface area (Å²) in [6, 6.07) is 14.3. The molecule has 2 rings (SSSR count). The van der Waals surface area contributed by atoms with Crippen LogP contribution in [0.15, 0.2) is 46.9 Å². The van der Waals surface area contributed by atoms with Gasteiger partial charge in [-0.15, -0.1) is 0 Å². The van der Waals surface area contributed by atoms with Crippen molar-refractivity contribution < 1.29 is 4.74 Å². The van der Waals surface area contributed by atoms with Crippen LogP contribution in [0.1, 0.15) is 37.1 Å². The number of nitrogens with one attached hydrogen (secondary N) is 1. The summed E-state index contributed by atoms with van der Waals surface area (Å²) in [5.41, 5.74) is 2.22. The van der Waals surface area contributed by atoms with Gasteiger partial charge in [0.15, 0.2) is 0 Å². The van der Waals surface area contributed by atoms with Gasteiger partial charge in [-0.3, -0.25) is 0 Å². The van der Waals surface area contributed by atoms with Crippen molar-refractivity contribution in [2.45, 2.75) is 25.9 Å². The van der Waals surface area contributed by atoms with Crippen molar-refractivity contribution in [2.75, 3.05) is 7.11 Å². The van der Waals surface area contributed by atoms with E-state index in [1.165, 1.54) is 0 Å². The lowest BCUT2D eigenvalue weighted by atomic mass is 10.0. The third-order valence-electron chi connectivity index (χ3n) is 3.53. The largest absolute Gasteiger partial charge is 0.496 e. The summed E-state index contributed by atoms with van der Waals surface area (Å²) in [7, 11) is 1.70. The Kier molecular flexibility index (Phi) is 5.68. The Morgan fingerprint density at radius 1 is 1.05 bits per heavy atom. The minimum absolute atomic E-state index is 0.144. The van der Waals surface area contributed by atoms with Gasteiger partial charge in [0, 0.05) is 27.1 Å². The number of hydrogen-bond acceptors (Lipinski definition) is 2. The van der Waals surface area contributed by atoms with Gasteiger partial charge in [-0.05, 0) is 37.6 Å². The van der Waals surface area contributed by atoms with Gasteiger partial charge in [0.2, 0.25) is 0 Å². The first kappa shape index (κ1) is 16.3. The molecule has 0 aliphatic carbocycles. The fourth-order valence-electron chi connectivity index (χ4n) is 2.43. The molecule has 21 heavy (non-hydrogen) atoms. The molecule has 0 amide bonds. The van der Waals surface area contributed by atoms with Crippen LogP contribution in [0.25, 0.3) is 0 Å². The third-order valence-corrected chi connectivity index (χ3v) is 4.36. The normalized spacial score (nSPS) is 13.8. The molecule has 2 aromatic rings. The van der Waals surface area contributed by atoms with Crippen molar-refractivity contribution in [1.82, 2.24) is 5.32 Å². The number of benzene rings is 2. The highest BCUT2D eigenvalue weighted by Gasteiger charge is 2.16. The molecule has 1 N–H and O–H groups in total. The summed E-state index contributed by atoms with van der Waals surface area (Å²) in [4.78, 5) is 0. The van der Waals surface area contributed by atoms with Crippen molar-refractivity contribution in [2.24, 2.45) is 0 Å². The molecule has 0 heterocycles. The van der Waals surface area contributed by atoms with Crippen LogP contribution >= 0.6 is 27.5 Å². The lowest BCUT2D eigenvalue weighted by molar-refractivity contribution is 0.396. The molecule has 0 spiro atoms. The zero-order chi connectivity index (χ0) is 15.4. The molecule has 0 fully saturated rings. The molecular formula is C17H19BrClNO. The van der Waals surface area contributed by atoms with Gasteiger partial charge in [0.1, 0.15) is 5.75 Å². The topological polar surface area (TPSA) is 21.3 Å². The fraction of sp³-hybridized carbons (Fsp3) is 0.294. The van der Waals surface area contributed by atoms with E-state index in [0.717, 1.165) is 26.4 Å². The Balaban J connectivity index is 2.16. The van der Waals surface area contributed by atoms with Crippen LogP contribution in [-0.2, 0) is 0 Å². The van der Waals surface area contributed by atoms with E-state index in [2.05, 4.69) is 41.2 Å². The molecule has 0 bridgehead atoms. The number of para-hydroxylation sites is 1. The second kappa shape index (κ2) is 7.30. The van der Waals surface area contributed by atoms with Crippen molar-refractivity contribution >= 4 is 27.5 Å². The zero-order valence-electron chi connectivity index (χ0n) is 12.4. The maximum Gasteiger partial charge on any atom is 0.123 e. The van der Waals surface area contributed by atoms with Gasteiger partial charge in [-0.2, -0.15) is 0 Å². The van der Waals surface area contributed by atoms with Gasteiger partial charge in [0.25, 0.3) is 0 Å². The van der Waals surface area contributed by atoms with E-state index in [-0.39, 0.29) is 12.1 Å². The fourth-order valence-corrected chi connectivity index (χ4v) is 3.27. The Morgan fingerprint density at radius 3 is 2.38 bits per heavy atom. The predicted octanol–water partition coefficient (Wildman–Crippen LogP) is 5.52. The molecule has 2 atom stereocenters. The molecule has 112 valence electrons. The van der Waals surface area contributed by atoms with Crippen LogP contribution in [-0.4, -0.2) is 7.11 Å². The predicted molar refractivity (Wildman–Crippen MR) is 92.1 cm³/mol. The Morgan fingerprint density at radius 2 is 1.71 bits per heavy atom. The van der Waals surface area contributed by atoms with E-state index < -0.39 is 0 Å². The molecular weight excluding hydrogens is 350 g/mol. The molecule has 1 unspecified atom stereocenters. The van der Waals surface area contributed by atoms with E-state index in [1.807, 2.05) is 36.4 Å². The highest BCUT2D eigenvalue weighted by Crippen LogP contribution is 2.30.